The molecule has 0 aliphatic heterocycles. The average Bonchev–Trinajstić information content (AvgIpc) is 3.98. The standard InChI is InChI=1S/C53H58N10O7S/c1-10-13-39(23-45(64)57-71(69,70)53(5,6)7)62-49-41(16-12-19-55-49)60(51(62)67)30-38-28-59(9)44-22-34(20-32(3)48(38)44)35-21-36(26-54-25-35)43(24-46(65)66)63-50-42(18-17-33(4)56-50)61(52(63)68)29-37-27-58(8)40-15-11-14-31(2)47(37)40/h11-12,14-22,25-28,39,43H,10,13,23-24,29-30H2,1-9H3,(H,57,64)(H,65,66)/t39?,43-/m1/s1. The van der Waals surface area contributed by atoms with Crippen LogP contribution in [0.5, 0.6) is 0 Å². The van der Waals surface area contributed by atoms with Crippen LogP contribution < -0.4 is 16.1 Å². The van der Waals surface area contributed by atoms with Gasteiger partial charge in [-0.1, -0.05) is 31.5 Å². The molecule has 7 aromatic heterocycles. The zero-order valence-electron chi connectivity index (χ0n) is 41.4. The molecular formula is C53H58N10O7S. The highest BCUT2D eigenvalue weighted by atomic mass is 32.2. The van der Waals surface area contributed by atoms with Gasteiger partial charge in [-0.2, -0.15) is 0 Å². The normalized spacial score (nSPS) is 13.2. The van der Waals surface area contributed by atoms with Crippen molar-refractivity contribution in [3.05, 3.63) is 146 Å². The number of rotatable bonds is 15. The number of carbonyl (C=O) groups is 2. The molecule has 0 saturated heterocycles. The van der Waals surface area contributed by atoms with E-state index < -0.39 is 45.2 Å². The van der Waals surface area contributed by atoms with Crippen LogP contribution in [0.2, 0.25) is 0 Å². The second-order valence-electron chi connectivity index (χ2n) is 19.7. The number of nitrogens with zero attached hydrogens (tertiary/aromatic N) is 9. The van der Waals surface area contributed by atoms with E-state index in [-0.39, 0.29) is 30.9 Å². The zero-order chi connectivity index (χ0) is 50.8. The van der Waals surface area contributed by atoms with Gasteiger partial charge in [0.2, 0.25) is 15.9 Å². The van der Waals surface area contributed by atoms with Gasteiger partial charge < -0.3 is 14.2 Å². The lowest BCUT2D eigenvalue weighted by Crippen LogP contribution is -2.43. The molecule has 368 valence electrons. The number of aliphatic carboxylic acids is 1. The third kappa shape index (κ3) is 8.74. The van der Waals surface area contributed by atoms with Crippen molar-refractivity contribution in [1.29, 1.82) is 0 Å². The van der Waals surface area contributed by atoms with Crippen LogP contribution in [-0.4, -0.2) is 72.5 Å². The Morgan fingerprint density at radius 3 is 2.07 bits per heavy atom. The number of amides is 1. The Balaban J connectivity index is 1.08. The number of hydrogen-bond acceptors (Lipinski definition) is 9. The Labute approximate surface area is 410 Å². The first-order chi connectivity index (χ1) is 33.7. The van der Waals surface area contributed by atoms with Crippen molar-refractivity contribution in [2.24, 2.45) is 14.1 Å². The highest BCUT2D eigenvalue weighted by molar-refractivity contribution is 7.91. The van der Waals surface area contributed by atoms with E-state index in [0.29, 0.717) is 52.0 Å². The van der Waals surface area contributed by atoms with Gasteiger partial charge >= 0.3 is 17.3 Å². The summed E-state index contributed by atoms with van der Waals surface area (Å²) in [6.07, 6.45) is 9.37. The molecule has 1 unspecified atom stereocenters. The molecule has 17 nitrogen and oxygen atoms in total. The fraction of sp³-hybridized carbons (Fsp3) is 0.340. The maximum absolute atomic E-state index is 14.8. The van der Waals surface area contributed by atoms with Gasteiger partial charge in [-0.25, -0.2) is 28.0 Å². The summed E-state index contributed by atoms with van der Waals surface area (Å²) in [4.78, 5) is 69.4. The van der Waals surface area contributed by atoms with Crippen LogP contribution in [0.3, 0.4) is 0 Å². The van der Waals surface area contributed by atoms with Crippen LogP contribution in [-0.2, 0) is 46.8 Å². The smallest absolute Gasteiger partial charge is 0.331 e. The second kappa shape index (κ2) is 18.3. The van der Waals surface area contributed by atoms with Gasteiger partial charge in [0.05, 0.1) is 41.3 Å². The summed E-state index contributed by atoms with van der Waals surface area (Å²) in [5.74, 6) is -1.78. The van der Waals surface area contributed by atoms with Crippen molar-refractivity contribution in [2.75, 3.05) is 0 Å². The minimum absolute atomic E-state index is 0.179. The highest BCUT2D eigenvalue weighted by Gasteiger charge is 2.33. The number of carboxylic acid groups (broad SMARTS) is 1. The molecule has 0 fully saturated rings. The van der Waals surface area contributed by atoms with E-state index in [9.17, 15) is 32.7 Å². The lowest BCUT2D eigenvalue weighted by atomic mass is 9.97. The molecule has 7 heterocycles. The summed E-state index contributed by atoms with van der Waals surface area (Å²) in [6.45, 7) is 12.8. The molecule has 71 heavy (non-hydrogen) atoms. The fourth-order valence-corrected chi connectivity index (χ4v) is 10.8. The number of carbonyl (C=O) groups excluding carboxylic acids is 1. The van der Waals surface area contributed by atoms with Crippen molar-refractivity contribution in [3.63, 3.8) is 0 Å². The van der Waals surface area contributed by atoms with E-state index in [1.165, 1.54) is 29.9 Å². The summed E-state index contributed by atoms with van der Waals surface area (Å²) in [7, 11) is -0.0612. The molecule has 0 saturated carbocycles. The van der Waals surface area contributed by atoms with Crippen molar-refractivity contribution in [1.82, 2.24) is 47.1 Å². The summed E-state index contributed by atoms with van der Waals surface area (Å²) < 4.78 is 37.1. The van der Waals surface area contributed by atoms with Gasteiger partial charge in [0.15, 0.2) is 11.3 Å². The summed E-state index contributed by atoms with van der Waals surface area (Å²) in [6, 6.07) is 17.7. The first kappa shape index (κ1) is 48.4. The SMILES string of the molecule is CCCC(CC(=O)NS(=O)(=O)C(C)(C)C)n1c(=O)n(Cc2cn(C)c3cc(-c4cncc([C@@H](CC(=O)O)n5c(=O)n(Cc6cn(C)c7cccc(C)c67)c6ccc(C)nc65)c4)cc(C)c23)c2cccnc21. The molecule has 18 heteroatoms. The second-order valence-corrected chi connectivity index (χ2v) is 22.1. The van der Waals surface area contributed by atoms with Gasteiger partial charge in [0.25, 0.3) is 0 Å². The molecule has 9 rings (SSSR count). The first-order valence-corrected chi connectivity index (χ1v) is 25.1. The van der Waals surface area contributed by atoms with E-state index in [1.807, 2.05) is 118 Å². The van der Waals surface area contributed by atoms with Crippen molar-refractivity contribution >= 4 is 66.0 Å². The Morgan fingerprint density at radius 2 is 1.39 bits per heavy atom. The van der Waals surface area contributed by atoms with Crippen molar-refractivity contribution in [3.8, 4) is 11.1 Å². The molecule has 0 radical (unpaired) electrons. The number of fused-ring (bicyclic) bond motifs is 4. The lowest BCUT2D eigenvalue weighted by molar-refractivity contribution is -0.137. The summed E-state index contributed by atoms with van der Waals surface area (Å²) in [5, 5.41) is 12.4. The van der Waals surface area contributed by atoms with Crippen molar-refractivity contribution in [2.45, 2.75) is 104 Å². The van der Waals surface area contributed by atoms with Crippen LogP contribution in [0.25, 0.3) is 55.3 Å². The molecule has 2 N–H and O–H groups in total. The zero-order valence-corrected chi connectivity index (χ0v) is 42.2. The summed E-state index contributed by atoms with van der Waals surface area (Å²) in [5.41, 5.74) is 9.66. The van der Waals surface area contributed by atoms with Crippen LogP contribution in [0, 0.1) is 20.8 Å². The number of aryl methyl sites for hydroxylation is 5. The first-order valence-electron chi connectivity index (χ1n) is 23.7. The molecule has 0 aliphatic carbocycles. The number of sulfonamides is 1. The Bertz CT molecular complexity index is 3840. The van der Waals surface area contributed by atoms with Crippen LogP contribution >= 0.6 is 0 Å². The number of aromatic nitrogens is 9. The number of hydrogen-bond donors (Lipinski definition) is 2. The number of pyridine rings is 3. The van der Waals surface area contributed by atoms with Crippen LogP contribution in [0.4, 0.5) is 0 Å². The fourth-order valence-electron chi connectivity index (χ4n) is 10.1. The van der Waals surface area contributed by atoms with E-state index in [0.717, 1.165) is 49.6 Å². The lowest BCUT2D eigenvalue weighted by Gasteiger charge is -2.21. The average molecular weight is 979 g/mol. The quantitative estimate of drug-likeness (QED) is 0.102. The molecule has 0 bridgehead atoms. The maximum atomic E-state index is 14.8. The molecule has 0 spiro atoms. The molecule has 2 aromatic carbocycles. The monoisotopic (exact) mass is 978 g/mol. The number of benzene rings is 2. The molecule has 0 aliphatic rings. The molecule has 1 amide bonds. The maximum Gasteiger partial charge on any atom is 0.331 e. The highest BCUT2D eigenvalue weighted by Crippen LogP contribution is 2.35. The number of nitrogens with one attached hydrogen (secondary N) is 1. The predicted molar refractivity (Wildman–Crippen MR) is 275 cm³/mol. The van der Waals surface area contributed by atoms with Gasteiger partial charge in [-0.05, 0) is 124 Å². The number of imidazole rings is 2. The molecular weight excluding hydrogens is 921 g/mol. The van der Waals surface area contributed by atoms with E-state index in [4.69, 9.17) is 4.98 Å². The molecule has 9 aromatic rings. The topological polar surface area (TPSA) is 203 Å². The van der Waals surface area contributed by atoms with Gasteiger partial charge in [-0.15, -0.1) is 0 Å². The third-order valence-corrected chi connectivity index (χ3v) is 15.7. The predicted octanol–water partition coefficient (Wildman–Crippen LogP) is 7.82. The molecule has 2 atom stereocenters. The minimum atomic E-state index is -3.97. The van der Waals surface area contributed by atoms with E-state index in [2.05, 4.69) is 14.7 Å². The van der Waals surface area contributed by atoms with Gasteiger partial charge in [0, 0.05) is 90.6 Å². The Morgan fingerprint density at radius 1 is 0.746 bits per heavy atom. The van der Waals surface area contributed by atoms with Gasteiger partial charge in [-0.3, -0.25) is 37.6 Å². The largest absolute Gasteiger partial charge is 0.481 e. The van der Waals surface area contributed by atoms with Crippen LogP contribution in [0.1, 0.15) is 99.0 Å². The van der Waals surface area contributed by atoms with Crippen molar-refractivity contribution < 1.29 is 23.1 Å². The number of carboxylic acids is 1. The third-order valence-electron chi connectivity index (χ3n) is 13.6. The van der Waals surface area contributed by atoms with E-state index in [1.54, 1.807) is 33.8 Å². The summed E-state index contributed by atoms with van der Waals surface area (Å²) >= 11 is 0. The Kier molecular flexibility index (Phi) is 12.5. The van der Waals surface area contributed by atoms with Gasteiger partial charge in [0.1, 0.15) is 0 Å². The van der Waals surface area contributed by atoms with Crippen LogP contribution in [0.15, 0.2) is 101 Å². The van der Waals surface area contributed by atoms with E-state index >= 15 is 0 Å². The minimum Gasteiger partial charge on any atom is -0.481 e. The Hall–Kier alpha value is -7.60.